The molecule has 0 N–H and O–H groups in total. The highest BCUT2D eigenvalue weighted by Crippen LogP contribution is 2.15. The molecule has 0 aliphatic rings. The summed E-state index contributed by atoms with van der Waals surface area (Å²) in [5.41, 5.74) is 0. The highest BCUT2D eigenvalue weighted by atomic mass is 28.2. The van der Waals surface area contributed by atoms with Crippen LogP contribution in [0.4, 0.5) is 0 Å². The monoisotopic (exact) mass is 188 g/mol. The van der Waals surface area contributed by atoms with Gasteiger partial charge in [-0.2, -0.15) is 0 Å². The molecular formula is C10H24OSi. The molecule has 12 heavy (non-hydrogen) atoms. The van der Waals surface area contributed by atoms with Gasteiger partial charge < -0.3 is 4.43 Å². The Morgan fingerprint density at radius 3 is 2.42 bits per heavy atom. The predicted octanol–water partition coefficient (Wildman–Crippen LogP) is 2.28. The number of rotatable bonds is 7. The molecule has 0 saturated carbocycles. The maximum absolute atomic E-state index is 5.37. The Morgan fingerprint density at radius 2 is 1.92 bits per heavy atom. The molecule has 0 aliphatic heterocycles. The highest BCUT2D eigenvalue weighted by molar-refractivity contribution is 5.98. The van der Waals surface area contributed by atoms with Crippen molar-refractivity contribution >= 4 is 10.5 Å². The minimum absolute atomic E-state index is 0.494. The lowest BCUT2D eigenvalue weighted by molar-refractivity contribution is 0.202. The molecule has 1 nitrogen and oxygen atoms in total. The standard InChI is InChI=1S/C10H24OSi/c1-4-5-6-7-9(2)8-10(3)11-12/h9-10H,4-8H2,1-3,12H3. The van der Waals surface area contributed by atoms with E-state index < -0.39 is 0 Å². The Labute approximate surface area is 80.4 Å². The fraction of sp³-hybridized carbons (Fsp3) is 1.00. The van der Waals surface area contributed by atoms with E-state index in [9.17, 15) is 0 Å². The zero-order valence-electron chi connectivity index (χ0n) is 9.10. The minimum atomic E-state index is 0.494. The van der Waals surface area contributed by atoms with Crippen molar-refractivity contribution in [3.05, 3.63) is 0 Å². The van der Waals surface area contributed by atoms with Gasteiger partial charge in [0.1, 0.15) is 10.5 Å². The molecule has 0 aliphatic carbocycles. The van der Waals surface area contributed by atoms with Crippen LogP contribution in [0.3, 0.4) is 0 Å². The van der Waals surface area contributed by atoms with Gasteiger partial charge in [-0.1, -0.05) is 39.5 Å². The maximum Gasteiger partial charge on any atom is 0.146 e. The Balaban J connectivity index is 3.26. The van der Waals surface area contributed by atoms with Crippen LogP contribution in [0.2, 0.25) is 0 Å². The fourth-order valence-corrected chi connectivity index (χ4v) is 1.72. The summed E-state index contributed by atoms with van der Waals surface area (Å²) in [5, 5.41) is 0. The van der Waals surface area contributed by atoms with E-state index in [1.807, 2.05) is 0 Å². The summed E-state index contributed by atoms with van der Waals surface area (Å²) in [5.74, 6) is 0.848. The molecule has 0 aromatic heterocycles. The van der Waals surface area contributed by atoms with E-state index in [0.717, 1.165) is 16.4 Å². The van der Waals surface area contributed by atoms with E-state index >= 15 is 0 Å². The van der Waals surface area contributed by atoms with Crippen molar-refractivity contribution in [2.45, 2.75) is 59.0 Å². The topological polar surface area (TPSA) is 9.23 Å². The largest absolute Gasteiger partial charge is 0.425 e. The van der Waals surface area contributed by atoms with Gasteiger partial charge in [0.2, 0.25) is 0 Å². The quantitative estimate of drug-likeness (QED) is 0.440. The molecule has 0 bridgehead atoms. The lowest BCUT2D eigenvalue weighted by atomic mass is 9.98. The summed E-state index contributed by atoms with van der Waals surface area (Å²) < 4.78 is 5.37. The van der Waals surface area contributed by atoms with Crippen LogP contribution in [-0.2, 0) is 4.43 Å². The fourth-order valence-electron chi connectivity index (χ4n) is 1.52. The smallest absolute Gasteiger partial charge is 0.146 e. The number of hydrogen-bond acceptors (Lipinski definition) is 1. The van der Waals surface area contributed by atoms with Gasteiger partial charge >= 0.3 is 0 Å². The van der Waals surface area contributed by atoms with E-state index in [1.54, 1.807) is 0 Å². The third kappa shape index (κ3) is 6.86. The Morgan fingerprint density at radius 1 is 1.25 bits per heavy atom. The molecule has 0 heterocycles. The van der Waals surface area contributed by atoms with Gasteiger partial charge in [0.25, 0.3) is 0 Å². The lowest BCUT2D eigenvalue weighted by Crippen LogP contribution is -2.10. The number of unbranched alkanes of at least 4 members (excludes halogenated alkanes) is 2. The molecule has 0 amide bonds. The second-order valence-corrected chi connectivity index (χ2v) is 4.35. The van der Waals surface area contributed by atoms with Gasteiger partial charge in [-0.25, -0.2) is 0 Å². The Kier molecular flexibility index (Phi) is 7.92. The summed E-state index contributed by atoms with van der Waals surface area (Å²) >= 11 is 0. The van der Waals surface area contributed by atoms with Gasteiger partial charge in [0.05, 0.1) is 0 Å². The van der Waals surface area contributed by atoms with Crippen LogP contribution >= 0.6 is 0 Å². The van der Waals surface area contributed by atoms with Gasteiger partial charge in [0.15, 0.2) is 0 Å². The molecule has 0 rings (SSSR count). The highest BCUT2D eigenvalue weighted by Gasteiger charge is 2.06. The third-order valence-electron chi connectivity index (χ3n) is 2.44. The third-order valence-corrected chi connectivity index (χ3v) is 3.24. The van der Waals surface area contributed by atoms with E-state index in [-0.39, 0.29) is 0 Å². The summed E-state index contributed by atoms with van der Waals surface area (Å²) in [6.45, 7) is 6.78. The van der Waals surface area contributed by atoms with Crippen molar-refractivity contribution < 1.29 is 4.43 Å². The predicted molar refractivity (Wildman–Crippen MR) is 58.4 cm³/mol. The molecular weight excluding hydrogens is 164 g/mol. The zero-order valence-corrected chi connectivity index (χ0v) is 11.1. The van der Waals surface area contributed by atoms with Crippen molar-refractivity contribution in [1.82, 2.24) is 0 Å². The Hall–Kier alpha value is 0.177. The van der Waals surface area contributed by atoms with Gasteiger partial charge in [-0.15, -0.1) is 0 Å². The van der Waals surface area contributed by atoms with E-state index in [0.29, 0.717) is 6.10 Å². The van der Waals surface area contributed by atoms with Crippen LogP contribution in [0.5, 0.6) is 0 Å². The first kappa shape index (κ1) is 12.2. The van der Waals surface area contributed by atoms with Crippen molar-refractivity contribution in [1.29, 1.82) is 0 Å². The number of hydrogen-bond donors (Lipinski definition) is 0. The molecule has 0 aromatic carbocycles. The molecule has 2 heteroatoms. The Bertz CT molecular complexity index is 95.8. The maximum atomic E-state index is 5.37. The average molecular weight is 188 g/mol. The average Bonchev–Trinajstić information content (AvgIpc) is 2.05. The van der Waals surface area contributed by atoms with Crippen molar-refractivity contribution in [2.24, 2.45) is 5.92 Å². The SMILES string of the molecule is CCCCCC(C)CC(C)O[SiH3]. The molecule has 0 radical (unpaired) electrons. The molecule has 2 atom stereocenters. The van der Waals surface area contributed by atoms with Gasteiger partial charge in [0, 0.05) is 6.10 Å². The van der Waals surface area contributed by atoms with Gasteiger partial charge in [-0.05, 0) is 19.3 Å². The first-order chi connectivity index (χ1) is 5.70. The summed E-state index contributed by atoms with van der Waals surface area (Å²) in [6.07, 6.45) is 7.23. The van der Waals surface area contributed by atoms with Crippen LogP contribution in [0.15, 0.2) is 0 Å². The second-order valence-electron chi connectivity index (χ2n) is 3.88. The molecule has 0 fully saturated rings. The van der Waals surface area contributed by atoms with Crippen molar-refractivity contribution in [3.63, 3.8) is 0 Å². The van der Waals surface area contributed by atoms with Gasteiger partial charge in [-0.3, -0.25) is 0 Å². The molecule has 0 spiro atoms. The summed E-state index contributed by atoms with van der Waals surface area (Å²) in [7, 11) is 0.884. The first-order valence-corrected chi connectivity index (χ1v) is 6.05. The van der Waals surface area contributed by atoms with Crippen molar-refractivity contribution in [2.75, 3.05) is 0 Å². The first-order valence-electron chi connectivity index (χ1n) is 5.23. The van der Waals surface area contributed by atoms with E-state index in [2.05, 4.69) is 20.8 Å². The van der Waals surface area contributed by atoms with Crippen molar-refractivity contribution in [3.8, 4) is 0 Å². The summed E-state index contributed by atoms with van der Waals surface area (Å²) in [6, 6.07) is 0. The molecule has 74 valence electrons. The molecule has 0 aromatic rings. The molecule has 2 unspecified atom stereocenters. The van der Waals surface area contributed by atoms with Crippen LogP contribution in [0, 0.1) is 5.92 Å². The lowest BCUT2D eigenvalue weighted by Gasteiger charge is -2.15. The minimum Gasteiger partial charge on any atom is -0.425 e. The van der Waals surface area contributed by atoms with Crippen LogP contribution in [-0.4, -0.2) is 16.6 Å². The zero-order chi connectivity index (χ0) is 9.40. The van der Waals surface area contributed by atoms with Crippen LogP contribution < -0.4 is 0 Å². The normalized spacial score (nSPS) is 16.2. The molecule has 0 saturated heterocycles. The van der Waals surface area contributed by atoms with Crippen LogP contribution in [0.25, 0.3) is 0 Å². The van der Waals surface area contributed by atoms with Crippen LogP contribution in [0.1, 0.15) is 52.9 Å². The van der Waals surface area contributed by atoms with E-state index in [1.165, 1.54) is 32.1 Å². The van der Waals surface area contributed by atoms with E-state index in [4.69, 9.17) is 4.43 Å². The second kappa shape index (κ2) is 7.81. The summed E-state index contributed by atoms with van der Waals surface area (Å²) in [4.78, 5) is 0.